The second-order valence-corrected chi connectivity index (χ2v) is 8.23. The van der Waals surface area contributed by atoms with E-state index >= 15 is 0 Å². The van der Waals surface area contributed by atoms with Crippen LogP contribution in [0.1, 0.15) is 13.3 Å². The molecule has 1 fully saturated rings. The van der Waals surface area contributed by atoms with Gasteiger partial charge in [-0.05, 0) is 57.9 Å². The predicted molar refractivity (Wildman–Crippen MR) is 141 cm³/mol. The van der Waals surface area contributed by atoms with Crippen LogP contribution >= 0.6 is 0 Å². The van der Waals surface area contributed by atoms with Gasteiger partial charge in [-0.15, -0.1) is 0 Å². The Labute approximate surface area is 221 Å². The molecule has 1 heterocycles. The maximum absolute atomic E-state index is 11.0. The number of carbonyl (C=O) groups excluding carboxylic acids is 1. The van der Waals surface area contributed by atoms with Gasteiger partial charge in [0, 0.05) is 68.8 Å². The molecule has 13 nitrogen and oxygen atoms in total. The van der Waals surface area contributed by atoms with E-state index in [1.807, 2.05) is 12.1 Å². The quantitative estimate of drug-likeness (QED) is 0.269. The van der Waals surface area contributed by atoms with Crippen LogP contribution in [0.25, 0.3) is 0 Å². The fourth-order valence-electron chi connectivity index (χ4n) is 3.08. The van der Waals surface area contributed by atoms with Gasteiger partial charge in [-0.1, -0.05) is 0 Å². The van der Waals surface area contributed by atoms with Gasteiger partial charge in [0.25, 0.3) is 0 Å². The summed E-state index contributed by atoms with van der Waals surface area (Å²) in [5, 5.41) is 34.1. The highest BCUT2D eigenvalue weighted by molar-refractivity contribution is 5.90. The Balaban J connectivity index is 0.000000705. The monoisotopic (exact) mass is 536 g/mol. The maximum atomic E-state index is 11.0. The molecule has 0 aromatic heterocycles. The molecule has 13 heteroatoms. The minimum atomic E-state index is -1.26. The molecule has 0 saturated carbocycles. The van der Waals surface area contributed by atoms with Gasteiger partial charge >= 0.3 is 23.9 Å². The predicted octanol–water partition coefficient (Wildman–Crippen LogP) is 1.14. The van der Waals surface area contributed by atoms with E-state index in [-0.39, 0.29) is 5.91 Å². The number of carbonyl (C=O) groups is 5. The molecule has 0 bridgehead atoms. The molecule has 5 N–H and O–H groups in total. The van der Waals surface area contributed by atoms with Gasteiger partial charge in [0.15, 0.2) is 0 Å². The molecule has 0 unspecified atom stereocenters. The van der Waals surface area contributed by atoms with Crippen molar-refractivity contribution in [2.45, 2.75) is 13.3 Å². The number of piperazine rings is 1. The molecule has 1 aromatic rings. The lowest BCUT2D eigenvalue weighted by Gasteiger charge is -2.36. The van der Waals surface area contributed by atoms with Gasteiger partial charge in [-0.2, -0.15) is 0 Å². The van der Waals surface area contributed by atoms with Crippen LogP contribution in [0, 0.1) is 0 Å². The number of hydrogen-bond donors (Lipinski definition) is 5. The fourth-order valence-corrected chi connectivity index (χ4v) is 3.08. The number of amides is 1. The molecule has 0 radical (unpaired) electrons. The zero-order valence-electron chi connectivity index (χ0n) is 21.7. The number of benzene rings is 1. The van der Waals surface area contributed by atoms with E-state index in [0.717, 1.165) is 38.4 Å². The highest BCUT2D eigenvalue weighted by atomic mass is 16.4. The zero-order chi connectivity index (χ0) is 29.1. The third-order valence-corrected chi connectivity index (χ3v) is 4.74. The fraction of sp³-hybridized carbons (Fsp3) is 0.400. The smallest absolute Gasteiger partial charge is 0.328 e. The van der Waals surface area contributed by atoms with Crippen LogP contribution in [0.3, 0.4) is 0 Å². The van der Waals surface area contributed by atoms with Crippen LogP contribution in [-0.4, -0.2) is 113 Å². The zero-order valence-corrected chi connectivity index (χ0v) is 21.7. The molecule has 0 aliphatic carbocycles. The van der Waals surface area contributed by atoms with Crippen LogP contribution in [0.15, 0.2) is 48.6 Å². The van der Waals surface area contributed by atoms with E-state index in [1.165, 1.54) is 25.6 Å². The molecule has 38 heavy (non-hydrogen) atoms. The van der Waals surface area contributed by atoms with Crippen molar-refractivity contribution in [2.24, 2.45) is 0 Å². The van der Waals surface area contributed by atoms with Gasteiger partial charge in [-0.25, -0.2) is 19.2 Å². The third-order valence-electron chi connectivity index (χ3n) is 4.74. The molecule has 0 spiro atoms. The molecule has 1 aromatic carbocycles. The molecule has 1 aliphatic heterocycles. The number of rotatable bonds is 10. The number of carboxylic acids is 4. The summed E-state index contributed by atoms with van der Waals surface area (Å²) in [6.07, 6.45) is 3.47. The van der Waals surface area contributed by atoms with Crippen LogP contribution in [0.2, 0.25) is 0 Å². The van der Waals surface area contributed by atoms with Crippen LogP contribution in [0.4, 0.5) is 11.4 Å². The lowest BCUT2D eigenvalue weighted by molar-refractivity contribution is -0.134. The Hall–Kier alpha value is -4.23. The summed E-state index contributed by atoms with van der Waals surface area (Å²) < 4.78 is 0. The van der Waals surface area contributed by atoms with E-state index in [4.69, 9.17) is 20.4 Å². The highest BCUT2D eigenvalue weighted by Gasteiger charge is 2.16. The van der Waals surface area contributed by atoms with Crippen molar-refractivity contribution in [3.05, 3.63) is 48.6 Å². The molecule has 1 amide bonds. The molecule has 0 atom stereocenters. The first-order valence-electron chi connectivity index (χ1n) is 11.6. The summed E-state index contributed by atoms with van der Waals surface area (Å²) in [6.45, 7) is 8.27. The van der Waals surface area contributed by atoms with Crippen LogP contribution < -0.4 is 10.2 Å². The Morgan fingerprint density at radius 1 is 0.789 bits per heavy atom. The number of aliphatic carboxylic acids is 4. The van der Waals surface area contributed by atoms with Crippen molar-refractivity contribution in [1.29, 1.82) is 0 Å². The van der Waals surface area contributed by atoms with Crippen molar-refractivity contribution < 1.29 is 44.4 Å². The summed E-state index contributed by atoms with van der Waals surface area (Å²) in [5.41, 5.74) is 2.10. The SMILES string of the molecule is CC(=O)Nc1ccc(N2CCN(CCCN(C)C)CC2)cc1.O=C(O)/C=C\C(=O)O.O=C(O)/C=C\C(=O)O. The van der Waals surface area contributed by atoms with Crippen LogP contribution in [0.5, 0.6) is 0 Å². The van der Waals surface area contributed by atoms with Crippen molar-refractivity contribution in [3.63, 3.8) is 0 Å². The van der Waals surface area contributed by atoms with Crippen molar-refractivity contribution in [1.82, 2.24) is 9.80 Å². The lowest BCUT2D eigenvalue weighted by Crippen LogP contribution is -2.46. The van der Waals surface area contributed by atoms with Gasteiger partial charge in [0.05, 0.1) is 0 Å². The number of anilines is 2. The molecule has 210 valence electrons. The van der Waals surface area contributed by atoms with Crippen molar-refractivity contribution >= 4 is 41.2 Å². The van der Waals surface area contributed by atoms with E-state index in [2.05, 4.69) is 46.2 Å². The van der Waals surface area contributed by atoms with Gasteiger partial charge in [0.2, 0.25) is 5.91 Å². The summed E-state index contributed by atoms with van der Waals surface area (Å²) in [5.74, 6) is -5.06. The number of carboxylic acid groups (broad SMARTS) is 4. The Morgan fingerprint density at radius 2 is 1.21 bits per heavy atom. The third kappa shape index (κ3) is 19.0. The first-order valence-corrected chi connectivity index (χ1v) is 11.6. The average Bonchev–Trinajstić information content (AvgIpc) is 2.83. The molecule has 2 rings (SSSR count). The Bertz CT molecular complexity index is 902. The molecular formula is C25H36N4O9. The largest absolute Gasteiger partial charge is 0.478 e. The average molecular weight is 537 g/mol. The number of nitrogens with zero attached hydrogens (tertiary/aromatic N) is 3. The number of hydrogen-bond acceptors (Lipinski definition) is 8. The van der Waals surface area contributed by atoms with Crippen LogP contribution in [-0.2, 0) is 24.0 Å². The van der Waals surface area contributed by atoms with Crippen molar-refractivity contribution in [2.75, 3.05) is 63.6 Å². The van der Waals surface area contributed by atoms with E-state index in [1.54, 1.807) is 0 Å². The molecule has 1 aliphatic rings. The molecule has 1 saturated heterocycles. The maximum Gasteiger partial charge on any atom is 0.328 e. The highest BCUT2D eigenvalue weighted by Crippen LogP contribution is 2.19. The minimum Gasteiger partial charge on any atom is -0.478 e. The van der Waals surface area contributed by atoms with Crippen molar-refractivity contribution in [3.8, 4) is 0 Å². The lowest BCUT2D eigenvalue weighted by atomic mass is 10.2. The van der Waals surface area contributed by atoms with Gasteiger partial charge in [0.1, 0.15) is 0 Å². The summed E-state index contributed by atoms with van der Waals surface area (Å²) in [4.78, 5) is 56.5. The second kappa shape index (κ2) is 19.0. The van der Waals surface area contributed by atoms with Gasteiger partial charge in [-0.3, -0.25) is 9.69 Å². The summed E-state index contributed by atoms with van der Waals surface area (Å²) in [7, 11) is 4.26. The van der Waals surface area contributed by atoms with E-state index in [0.29, 0.717) is 24.3 Å². The first-order chi connectivity index (χ1) is 17.8. The Morgan fingerprint density at radius 3 is 1.55 bits per heavy atom. The minimum absolute atomic E-state index is 0.0286. The Kier molecular flexibility index (Phi) is 16.8. The first kappa shape index (κ1) is 33.8. The second-order valence-electron chi connectivity index (χ2n) is 8.23. The van der Waals surface area contributed by atoms with E-state index in [9.17, 15) is 24.0 Å². The summed E-state index contributed by atoms with van der Waals surface area (Å²) >= 11 is 0. The molecular weight excluding hydrogens is 500 g/mol. The van der Waals surface area contributed by atoms with Gasteiger partial charge < -0.3 is 35.5 Å². The normalized spacial score (nSPS) is 13.3. The number of nitrogens with one attached hydrogen (secondary N) is 1. The standard InChI is InChI=1S/C17H28N4O.2C4H4O4/c1-15(22)18-16-5-7-17(8-6-16)21-13-11-20(12-14-21)10-4-9-19(2)3;2*5-3(6)1-2-4(7)8/h5-8H,4,9-14H2,1-3H3,(H,18,22);2*1-2H,(H,5,6)(H,7,8)/b;2*2-1-. The topological polar surface area (TPSA) is 188 Å². The van der Waals surface area contributed by atoms with E-state index < -0.39 is 23.9 Å². The summed E-state index contributed by atoms with van der Waals surface area (Å²) in [6, 6.07) is 8.13.